The van der Waals surface area contributed by atoms with E-state index in [9.17, 15) is 4.79 Å². The molecule has 3 rings (SSSR count). The molecule has 122 valence electrons. The summed E-state index contributed by atoms with van der Waals surface area (Å²) >= 11 is 3.55. The molecule has 0 radical (unpaired) electrons. The van der Waals surface area contributed by atoms with E-state index in [1.54, 1.807) is 0 Å². The Bertz CT molecular complexity index is 511. The second-order valence-electron chi connectivity index (χ2n) is 6.32. The Labute approximate surface area is 147 Å². The van der Waals surface area contributed by atoms with Gasteiger partial charge in [0, 0.05) is 17.1 Å². The van der Waals surface area contributed by atoms with Crippen LogP contribution < -0.4 is 10.6 Å². The normalized spacial score (nSPS) is 23.6. The lowest BCUT2D eigenvalue weighted by Gasteiger charge is -2.37. The summed E-state index contributed by atoms with van der Waals surface area (Å²) in [5.41, 5.74) is 0.838. The number of nitrogens with one attached hydrogen (secondary N) is 2. The van der Waals surface area contributed by atoms with Gasteiger partial charge in [-0.05, 0) is 43.5 Å². The largest absolute Gasteiger partial charge is 0.351 e. The fourth-order valence-corrected chi connectivity index (χ4v) is 4.09. The van der Waals surface area contributed by atoms with Crippen molar-refractivity contribution in [2.24, 2.45) is 0 Å². The third-order valence-electron chi connectivity index (χ3n) is 4.91. The number of amides is 1. The molecule has 3 nitrogen and oxygen atoms in total. The predicted octanol–water partition coefficient (Wildman–Crippen LogP) is 3.55. The first kappa shape index (κ1) is 17.8. The summed E-state index contributed by atoms with van der Waals surface area (Å²) in [6.07, 6.45) is 6.50. The highest BCUT2D eigenvalue weighted by Gasteiger charge is 2.41. The molecular formula is C17H24BrClN2O. The maximum absolute atomic E-state index is 13.0. The van der Waals surface area contributed by atoms with Crippen molar-refractivity contribution in [1.29, 1.82) is 0 Å². The van der Waals surface area contributed by atoms with Crippen molar-refractivity contribution in [3.8, 4) is 0 Å². The van der Waals surface area contributed by atoms with E-state index in [0.717, 1.165) is 49.7 Å². The highest BCUT2D eigenvalue weighted by atomic mass is 79.9. The Morgan fingerprint density at radius 1 is 1.27 bits per heavy atom. The van der Waals surface area contributed by atoms with Crippen molar-refractivity contribution < 1.29 is 4.79 Å². The zero-order valence-corrected chi connectivity index (χ0v) is 15.1. The Balaban J connectivity index is 0.00000176. The fourth-order valence-electron chi connectivity index (χ4n) is 3.69. The topological polar surface area (TPSA) is 41.1 Å². The molecule has 0 bridgehead atoms. The first-order chi connectivity index (χ1) is 10.2. The standard InChI is InChI=1S/C17H23BrN2O.ClH/c18-14-6-4-5-13(11-14)17(8-2-1-3-9-17)16(21)20-15-7-10-19-12-15;/h4-6,11,15,19H,1-3,7-10,12H2,(H,20,21);1H. The van der Waals surface area contributed by atoms with E-state index < -0.39 is 0 Å². The molecule has 1 aromatic carbocycles. The molecule has 22 heavy (non-hydrogen) atoms. The van der Waals surface area contributed by atoms with Gasteiger partial charge in [0.2, 0.25) is 5.91 Å². The van der Waals surface area contributed by atoms with Gasteiger partial charge in [0.05, 0.1) is 5.41 Å². The van der Waals surface area contributed by atoms with Gasteiger partial charge in [-0.3, -0.25) is 4.79 Å². The van der Waals surface area contributed by atoms with Crippen LogP contribution in [0, 0.1) is 0 Å². The summed E-state index contributed by atoms with van der Waals surface area (Å²) in [6.45, 7) is 1.91. The van der Waals surface area contributed by atoms with E-state index in [0.29, 0.717) is 6.04 Å². The van der Waals surface area contributed by atoms with E-state index in [1.807, 2.05) is 12.1 Å². The number of benzene rings is 1. The zero-order chi connectivity index (χ0) is 14.7. The maximum Gasteiger partial charge on any atom is 0.230 e. The molecule has 1 saturated heterocycles. The fraction of sp³-hybridized carbons (Fsp3) is 0.588. The van der Waals surface area contributed by atoms with Crippen molar-refractivity contribution >= 4 is 34.2 Å². The second-order valence-corrected chi connectivity index (χ2v) is 7.23. The van der Waals surface area contributed by atoms with Gasteiger partial charge in [-0.1, -0.05) is 47.3 Å². The van der Waals surface area contributed by atoms with Gasteiger partial charge in [0.1, 0.15) is 0 Å². The van der Waals surface area contributed by atoms with Gasteiger partial charge < -0.3 is 10.6 Å². The Morgan fingerprint density at radius 2 is 2.05 bits per heavy atom. The van der Waals surface area contributed by atoms with Crippen molar-refractivity contribution in [3.63, 3.8) is 0 Å². The van der Waals surface area contributed by atoms with E-state index >= 15 is 0 Å². The molecule has 0 aromatic heterocycles. The van der Waals surface area contributed by atoms with Crippen molar-refractivity contribution in [2.45, 2.75) is 50.0 Å². The van der Waals surface area contributed by atoms with E-state index in [4.69, 9.17) is 0 Å². The zero-order valence-electron chi connectivity index (χ0n) is 12.7. The summed E-state index contributed by atoms with van der Waals surface area (Å²) in [6, 6.07) is 8.60. The lowest BCUT2D eigenvalue weighted by atomic mass is 9.68. The van der Waals surface area contributed by atoms with Crippen LogP contribution in [0.4, 0.5) is 0 Å². The first-order valence-electron chi connectivity index (χ1n) is 7.98. The molecule has 1 aliphatic carbocycles. The Kier molecular flexibility index (Phi) is 6.30. The smallest absolute Gasteiger partial charge is 0.230 e. The molecule has 1 aliphatic heterocycles. The Hall–Kier alpha value is -0.580. The van der Waals surface area contributed by atoms with Crippen LogP contribution in [-0.2, 0) is 10.2 Å². The average Bonchev–Trinajstić information content (AvgIpc) is 3.01. The number of rotatable bonds is 3. The van der Waals surface area contributed by atoms with Crippen molar-refractivity contribution in [1.82, 2.24) is 10.6 Å². The highest BCUT2D eigenvalue weighted by molar-refractivity contribution is 9.10. The third kappa shape index (κ3) is 3.66. The Morgan fingerprint density at radius 3 is 2.68 bits per heavy atom. The molecule has 1 aromatic rings. The molecule has 2 aliphatic rings. The van der Waals surface area contributed by atoms with Crippen LogP contribution in [0.15, 0.2) is 28.7 Å². The first-order valence-corrected chi connectivity index (χ1v) is 8.78. The van der Waals surface area contributed by atoms with Gasteiger partial charge in [0.15, 0.2) is 0 Å². The van der Waals surface area contributed by atoms with Gasteiger partial charge in [-0.15, -0.1) is 12.4 Å². The van der Waals surface area contributed by atoms with Crippen LogP contribution in [-0.4, -0.2) is 25.0 Å². The van der Waals surface area contributed by atoms with E-state index in [2.05, 4.69) is 38.7 Å². The minimum atomic E-state index is -0.329. The van der Waals surface area contributed by atoms with E-state index in [1.165, 1.54) is 12.0 Å². The minimum absolute atomic E-state index is 0. The monoisotopic (exact) mass is 386 g/mol. The lowest BCUT2D eigenvalue weighted by Crippen LogP contribution is -2.49. The number of carbonyl (C=O) groups is 1. The second kappa shape index (κ2) is 7.80. The van der Waals surface area contributed by atoms with Crippen molar-refractivity contribution in [3.05, 3.63) is 34.3 Å². The molecule has 1 atom stereocenters. The minimum Gasteiger partial charge on any atom is -0.351 e. The maximum atomic E-state index is 13.0. The highest BCUT2D eigenvalue weighted by Crippen LogP contribution is 2.40. The quantitative estimate of drug-likeness (QED) is 0.833. The molecular weight excluding hydrogens is 364 g/mol. The van der Waals surface area contributed by atoms with Crippen LogP contribution >= 0.6 is 28.3 Å². The molecule has 1 saturated carbocycles. The predicted molar refractivity (Wildman–Crippen MR) is 95.6 cm³/mol. The molecule has 1 amide bonds. The number of hydrogen-bond acceptors (Lipinski definition) is 2. The average molecular weight is 388 g/mol. The van der Waals surface area contributed by atoms with Crippen molar-refractivity contribution in [2.75, 3.05) is 13.1 Å². The van der Waals surface area contributed by atoms with Gasteiger partial charge in [-0.25, -0.2) is 0 Å². The van der Waals surface area contributed by atoms with Crippen LogP contribution in [0.5, 0.6) is 0 Å². The number of halogens is 2. The number of hydrogen-bond donors (Lipinski definition) is 2. The van der Waals surface area contributed by atoms with Crippen LogP contribution in [0.25, 0.3) is 0 Å². The summed E-state index contributed by atoms with van der Waals surface area (Å²) in [7, 11) is 0. The molecule has 2 N–H and O–H groups in total. The molecule has 1 unspecified atom stereocenters. The van der Waals surface area contributed by atoms with Gasteiger partial charge >= 0.3 is 0 Å². The van der Waals surface area contributed by atoms with Crippen LogP contribution in [0.1, 0.15) is 44.1 Å². The SMILES string of the molecule is Cl.O=C(NC1CCNC1)C1(c2cccc(Br)c2)CCCCC1. The van der Waals surface area contributed by atoms with Gasteiger partial charge in [0.25, 0.3) is 0 Å². The summed E-state index contributed by atoms with van der Waals surface area (Å²) in [5, 5.41) is 6.61. The molecule has 0 spiro atoms. The summed E-state index contributed by atoms with van der Waals surface area (Å²) in [4.78, 5) is 13.0. The summed E-state index contributed by atoms with van der Waals surface area (Å²) < 4.78 is 1.06. The van der Waals surface area contributed by atoms with Crippen LogP contribution in [0.3, 0.4) is 0 Å². The number of carbonyl (C=O) groups excluding carboxylic acids is 1. The molecule has 1 heterocycles. The van der Waals surface area contributed by atoms with Gasteiger partial charge in [-0.2, -0.15) is 0 Å². The third-order valence-corrected chi connectivity index (χ3v) is 5.41. The molecule has 5 heteroatoms. The van der Waals surface area contributed by atoms with E-state index in [-0.39, 0.29) is 23.7 Å². The molecule has 2 fully saturated rings. The van der Waals surface area contributed by atoms with Crippen LogP contribution in [0.2, 0.25) is 0 Å². The summed E-state index contributed by atoms with van der Waals surface area (Å²) in [5.74, 6) is 0.231. The lowest BCUT2D eigenvalue weighted by molar-refractivity contribution is -0.128.